The smallest absolute Gasteiger partial charge is 0.135 e. The maximum Gasteiger partial charge on any atom is 0.135 e. The summed E-state index contributed by atoms with van der Waals surface area (Å²) < 4.78 is 6.19. The van der Waals surface area contributed by atoms with E-state index in [4.69, 9.17) is 9.40 Å². The molecule has 0 saturated heterocycles. The third kappa shape index (κ3) is 3.94. The van der Waals surface area contributed by atoms with Crippen LogP contribution in [0.2, 0.25) is 0 Å². The van der Waals surface area contributed by atoms with Crippen LogP contribution in [0.5, 0.6) is 0 Å². The minimum absolute atomic E-state index is 0.897. The number of hydrogen-bond donors (Lipinski definition) is 0. The van der Waals surface area contributed by atoms with Crippen molar-refractivity contribution >= 4 is 11.0 Å². The molecule has 0 fully saturated rings. The van der Waals surface area contributed by atoms with Gasteiger partial charge in [-0.2, -0.15) is 0 Å². The van der Waals surface area contributed by atoms with Gasteiger partial charge >= 0.3 is 0 Å². The van der Waals surface area contributed by atoms with E-state index in [0.717, 1.165) is 33.6 Å². The third-order valence-corrected chi connectivity index (χ3v) is 6.72. The van der Waals surface area contributed by atoms with Gasteiger partial charge in [-0.1, -0.05) is 78.9 Å². The minimum atomic E-state index is 0.897. The van der Waals surface area contributed by atoms with Crippen molar-refractivity contribution in [1.29, 1.82) is 0 Å². The van der Waals surface area contributed by atoms with Gasteiger partial charge in [0.15, 0.2) is 0 Å². The van der Waals surface area contributed by atoms with E-state index in [0.29, 0.717) is 0 Å². The van der Waals surface area contributed by atoms with E-state index in [9.17, 15) is 0 Å². The molecule has 6 rings (SSSR count). The normalized spacial score (nSPS) is 11.1. The summed E-state index contributed by atoms with van der Waals surface area (Å²) in [6.07, 6.45) is 1.89. The first-order valence-electron chi connectivity index (χ1n) is 11.9. The van der Waals surface area contributed by atoms with E-state index in [-0.39, 0.29) is 0 Å². The first kappa shape index (κ1) is 21.1. The highest BCUT2D eigenvalue weighted by Gasteiger charge is 2.14. The second kappa shape index (κ2) is 8.73. The summed E-state index contributed by atoms with van der Waals surface area (Å²) in [6.45, 7) is 4.35. The van der Waals surface area contributed by atoms with E-state index < -0.39 is 0 Å². The van der Waals surface area contributed by atoms with E-state index in [1.54, 1.807) is 0 Å². The molecule has 0 atom stereocenters. The summed E-state index contributed by atoms with van der Waals surface area (Å²) in [6, 6.07) is 38.0. The van der Waals surface area contributed by atoms with Gasteiger partial charge in [-0.3, -0.25) is 4.98 Å². The number of rotatable bonds is 4. The highest BCUT2D eigenvalue weighted by Crippen LogP contribution is 2.37. The quantitative estimate of drug-likeness (QED) is 0.267. The Bertz CT molecular complexity index is 1650. The minimum Gasteiger partial charge on any atom is -0.456 e. The van der Waals surface area contributed by atoms with Gasteiger partial charge < -0.3 is 4.42 Å². The predicted molar refractivity (Wildman–Crippen MR) is 145 cm³/mol. The maximum absolute atomic E-state index is 6.19. The van der Waals surface area contributed by atoms with Gasteiger partial charge in [-0.05, 0) is 77.6 Å². The number of furan rings is 1. The van der Waals surface area contributed by atoms with Gasteiger partial charge in [0.2, 0.25) is 0 Å². The molecule has 168 valence electrons. The number of pyridine rings is 1. The van der Waals surface area contributed by atoms with Crippen molar-refractivity contribution in [2.24, 2.45) is 0 Å². The molecule has 35 heavy (non-hydrogen) atoms. The summed E-state index contributed by atoms with van der Waals surface area (Å²) in [5.41, 5.74) is 11.3. The van der Waals surface area contributed by atoms with Gasteiger partial charge in [0.05, 0.1) is 5.69 Å². The Labute approximate surface area is 205 Å². The molecule has 2 nitrogen and oxygen atoms in total. The fourth-order valence-corrected chi connectivity index (χ4v) is 4.76. The second-order valence-corrected chi connectivity index (χ2v) is 8.95. The van der Waals surface area contributed by atoms with Crippen LogP contribution in [0, 0.1) is 13.8 Å². The van der Waals surface area contributed by atoms with Crippen LogP contribution in [-0.2, 0) is 0 Å². The van der Waals surface area contributed by atoms with Gasteiger partial charge in [-0.25, -0.2) is 0 Å². The van der Waals surface area contributed by atoms with E-state index in [2.05, 4.69) is 98.8 Å². The molecule has 0 saturated carbocycles. The molecule has 0 radical (unpaired) electrons. The van der Waals surface area contributed by atoms with Crippen molar-refractivity contribution in [2.45, 2.75) is 13.8 Å². The molecule has 0 unspecified atom stereocenters. The van der Waals surface area contributed by atoms with E-state index in [1.165, 1.54) is 33.4 Å². The highest BCUT2D eigenvalue weighted by molar-refractivity contribution is 5.92. The van der Waals surface area contributed by atoms with Crippen LogP contribution in [0.1, 0.15) is 11.1 Å². The Balaban J connectivity index is 1.43. The van der Waals surface area contributed by atoms with Crippen LogP contribution in [0.25, 0.3) is 55.8 Å². The summed E-state index contributed by atoms with van der Waals surface area (Å²) in [5.74, 6) is 0.897. The van der Waals surface area contributed by atoms with Crippen molar-refractivity contribution in [1.82, 2.24) is 4.98 Å². The van der Waals surface area contributed by atoms with Crippen LogP contribution in [-0.4, -0.2) is 4.98 Å². The topological polar surface area (TPSA) is 26.0 Å². The first-order chi connectivity index (χ1) is 17.2. The lowest BCUT2D eigenvalue weighted by atomic mass is 9.92. The lowest BCUT2D eigenvalue weighted by molar-refractivity contribution is 0.631. The maximum atomic E-state index is 6.19. The number of aryl methyl sites for hydroxylation is 2. The molecule has 0 spiro atoms. The second-order valence-electron chi connectivity index (χ2n) is 8.95. The Hall–Kier alpha value is -4.43. The monoisotopic (exact) mass is 451 g/mol. The fourth-order valence-electron chi connectivity index (χ4n) is 4.76. The lowest BCUT2D eigenvalue weighted by Gasteiger charge is -2.13. The molecule has 0 N–H and O–H groups in total. The largest absolute Gasteiger partial charge is 0.456 e. The fraction of sp³-hybridized carbons (Fsp3) is 0.0606. The number of fused-ring (bicyclic) bond motifs is 1. The average Bonchev–Trinajstić information content (AvgIpc) is 3.36. The molecule has 2 aromatic heterocycles. The van der Waals surface area contributed by atoms with Crippen molar-refractivity contribution in [2.75, 3.05) is 0 Å². The summed E-state index contributed by atoms with van der Waals surface area (Å²) in [7, 11) is 0. The van der Waals surface area contributed by atoms with E-state index >= 15 is 0 Å². The van der Waals surface area contributed by atoms with Crippen molar-refractivity contribution < 1.29 is 4.42 Å². The molecular formula is C33H25NO. The Morgan fingerprint density at radius 2 is 1.31 bits per heavy atom. The van der Waals surface area contributed by atoms with Crippen molar-refractivity contribution in [3.63, 3.8) is 0 Å². The Morgan fingerprint density at radius 1 is 0.571 bits per heavy atom. The lowest BCUT2D eigenvalue weighted by Crippen LogP contribution is -1.91. The summed E-state index contributed by atoms with van der Waals surface area (Å²) in [5, 5.41) is 1.15. The molecular weight excluding hydrogens is 426 g/mol. The van der Waals surface area contributed by atoms with Crippen LogP contribution in [0.3, 0.4) is 0 Å². The molecule has 6 aromatic rings. The highest BCUT2D eigenvalue weighted by atomic mass is 16.3. The van der Waals surface area contributed by atoms with Crippen LogP contribution < -0.4 is 0 Å². The average molecular weight is 452 g/mol. The number of nitrogens with zero attached hydrogens (tertiary/aromatic N) is 1. The molecule has 0 bridgehead atoms. The molecule has 0 aliphatic rings. The third-order valence-electron chi connectivity index (χ3n) is 6.72. The predicted octanol–water partition coefficient (Wildman–Crippen LogP) is 9.11. The SMILES string of the molecule is Cc1ccc(-c2cc(-c3ccccc3)ccn2)cc1-c1ccc2oc(-c3ccccc3)cc2c1C. The zero-order valence-corrected chi connectivity index (χ0v) is 19.8. The molecule has 0 amide bonds. The molecule has 2 heteroatoms. The van der Waals surface area contributed by atoms with Crippen molar-refractivity contribution in [3.05, 3.63) is 127 Å². The summed E-state index contributed by atoms with van der Waals surface area (Å²) in [4.78, 5) is 4.69. The molecule has 4 aromatic carbocycles. The molecule has 2 heterocycles. The molecule has 0 aliphatic carbocycles. The number of benzene rings is 4. The first-order valence-corrected chi connectivity index (χ1v) is 11.9. The van der Waals surface area contributed by atoms with Crippen molar-refractivity contribution in [3.8, 4) is 44.8 Å². The van der Waals surface area contributed by atoms with E-state index in [1.807, 2.05) is 30.5 Å². The molecule has 0 aliphatic heterocycles. The van der Waals surface area contributed by atoms with Gasteiger partial charge in [0, 0.05) is 22.7 Å². The Morgan fingerprint density at radius 3 is 2.09 bits per heavy atom. The van der Waals surface area contributed by atoms with Crippen LogP contribution in [0.15, 0.2) is 120 Å². The van der Waals surface area contributed by atoms with Gasteiger partial charge in [0.1, 0.15) is 11.3 Å². The standard InChI is InChI=1S/C33H25NO/c1-22-13-14-27(31-20-26(17-18-34-31)24-9-5-3-6-10-24)19-29(22)28-15-16-32-30(23(28)2)21-33(35-32)25-11-7-4-8-12-25/h3-21H,1-2H3. The van der Waals surface area contributed by atoms with Crippen LogP contribution in [0.4, 0.5) is 0 Å². The summed E-state index contributed by atoms with van der Waals surface area (Å²) >= 11 is 0. The van der Waals surface area contributed by atoms with Gasteiger partial charge in [0.25, 0.3) is 0 Å². The van der Waals surface area contributed by atoms with Crippen LogP contribution >= 0.6 is 0 Å². The van der Waals surface area contributed by atoms with Gasteiger partial charge in [-0.15, -0.1) is 0 Å². The number of hydrogen-bond acceptors (Lipinski definition) is 2. The number of aromatic nitrogens is 1. The zero-order valence-electron chi connectivity index (χ0n) is 19.8. The zero-order chi connectivity index (χ0) is 23.8. The Kier molecular flexibility index (Phi) is 5.27.